The lowest BCUT2D eigenvalue weighted by Crippen LogP contribution is -2.44. The smallest absolute Gasteiger partial charge is 0.258 e. The first kappa shape index (κ1) is 34.4. The van der Waals surface area contributed by atoms with Gasteiger partial charge in [0.25, 0.3) is 5.91 Å². The normalized spacial score (nSPS) is 17.1. The summed E-state index contributed by atoms with van der Waals surface area (Å²) in [6, 6.07) is 53.0. The van der Waals surface area contributed by atoms with Crippen molar-refractivity contribution in [3.05, 3.63) is 186 Å². The Labute approximate surface area is 302 Å². The zero-order chi connectivity index (χ0) is 35.1. The third kappa shape index (κ3) is 7.99. The third-order valence-corrected chi connectivity index (χ3v) is 16.0. The summed E-state index contributed by atoms with van der Waals surface area (Å²) in [7, 11) is -5.78. The van der Waals surface area contributed by atoms with Crippen LogP contribution in [-0.2, 0) is 32.1 Å². The largest absolute Gasteiger partial charge is 0.271 e. The molecule has 8 heteroatoms. The number of hydrogen-bond acceptors (Lipinski definition) is 4. The molecule has 1 fully saturated rings. The molecule has 6 nitrogen and oxygen atoms in total. The van der Waals surface area contributed by atoms with Crippen LogP contribution in [0, 0.1) is 0 Å². The summed E-state index contributed by atoms with van der Waals surface area (Å²) in [6.45, 7) is 0.234. The average molecular weight is 712 g/mol. The van der Waals surface area contributed by atoms with E-state index in [1.165, 1.54) is 21.0 Å². The van der Waals surface area contributed by atoms with Gasteiger partial charge in [-0.1, -0.05) is 152 Å². The van der Waals surface area contributed by atoms with Crippen molar-refractivity contribution in [3.8, 4) is 0 Å². The molecule has 0 saturated carbocycles. The van der Waals surface area contributed by atoms with E-state index >= 15 is 0 Å². The molecule has 0 aromatic heterocycles. The van der Waals surface area contributed by atoms with Gasteiger partial charge in [0.05, 0.1) is 11.1 Å². The number of nitrogens with one attached hydrogen (secondary N) is 1. The number of amides is 1. The van der Waals surface area contributed by atoms with E-state index in [0.29, 0.717) is 6.42 Å². The Hall–Kier alpha value is -5.02. The lowest BCUT2D eigenvalue weighted by Gasteiger charge is -2.46. The van der Waals surface area contributed by atoms with E-state index in [0.717, 1.165) is 33.6 Å². The van der Waals surface area contributed by atoms with E-state index in [2.05, 4.69) is 83.3 Å². The van der Waals surface area contributed by atoms with Gasteiger partial charge in [-0.25, -0.2) is 23.9 Å². The van der Waals surface area contributed by atoms with Crippen molar-refractivity contribution in [2.75, 3.05) is 6.54 Å². The van der Waals surface area contributed by atoms with E-state index in [-0.39, 0.29) is 16.7 Å². The van der Waals surface area contributed by atoms with E-state index in [1.807, 2.05) is 78.9 Å². The summed E-state index contributed by atoms with van der Waals surface area (Å²) in [5.74, 6) is 1.97. The molecular formula is C43H41N3O3S2. The van der Waals surface area contributed by atoms with E-state index < -0.39 is 32.0 Å². The third-order valence-electron chi connectivity index (χ3n) is 9.63. The van der Waals surface area contributed by atoms with Crippen LogP contribution in [0.15, 0.2) is 174 Å². The van der Waals surface area contributed by atoms with Gasteiger partial charge in [0, 0.05) is 29.1 Å². The van der Waals surface area contributed by atoms with Gasteiger partial charge in [0.2, 0.25) is 10.0 Å². The van der Waals surface area contributed by atoms with Crippen molar-refractivity contribution in [3.63, 3.8) is 0 Å². The molecule has 1 aliphatic rings. The monoisotopic (exact) mass is 711 g/mol. The van der Waals surface area contributed by atoms with Gasteiger partial charge >= 0.3 is 0 Å². The molecule has 1 heterocycles. The molecule has 51 heavy (non-hydrogen) atoms. The van der Waals surface area contributed by atoms with Crippen molar-refractivity contribution in [1.29, 1.82) is 0 Å². The highest BCUT2D eigenvalue weighted by molar-refractivity contribution is 8.32. The number of nitrogens with zero attached hydrogens (tertiary/aromatic N) is 2. The lowest BCUT2D eigenvalue weighted by molar-refractivity contribution is -0.124. The zero-order valence-corrected chi connectivity index (χ0v) is 29.9. The first-order chi connectivity index (χ1) is 24.9. The molecule has 0 unspecified atom stereocenters. The summed E-state index contributed by atoms with van der Waals surface area (Å²) in [5, 5.41) is 5.98. The molecule has 0 spiro atoms. The Balaban J connectivity index is 1.32. The Morgan fingerprint density at radius 1 is 0.647 bits per heavy atom. The van der Waals surface area contributed by atoms with Crippen molar-refractivity contribution in [1.82, 2.24) is 9.73 Å². The fourth-order valence-corrected chi connectivity index (χ4v) is 13.5. The van der Waals surface area contributed by atoms with Gasteiger partial charge in [0.15, 0.2) is 0 Å². The molecule has 1 amide bonds. The zero-order valence-electron chi connectivity index (χ0n) is 28.3. The van der Waals surface area contributed by atoms with Gasteiger partial charge in [-0.15, -0.1) is 0 Å². The standard InChI is InChI=1S/C43H41N3O3S2/c47-43(45-44-29-34-15-5-1-6-16-34)42-28-41(30-46(42)51(48,49)40-26-25-38-23-13-14-24-39(38)27-40)50(31-35-17-7-2-8-18-35,32-36-19-9-3-10-20-36)33-37-21-11-4-12-22-37/h1-27,29,41-42H,28,30-33H2,(H,45,47)/t41-,42+/m1/s1. The number of fused-ring (bicyclic) bond motifs is 1. The molecule has 2 atom stereocenters. The van der Waals surface area contributed by atoms with E-state index in [1.54, 1.807) is 18.3 Å². The highest BCUT2D eigenvalue weighted by Crippen LogP contribution is 2.63. The molecule has 1 N–H and O–H groups in total. The minimum Gasteiger partial charge on any atom is -0.271 e. The summed E-state index contributed by atoms with van der Waals surface area (Å²) in [6.07, 6.45) is 1.98. The van der Waals surface area contributed by atoms with Crippen LogP contribution in [0.3, 0.4) is 0 Å². The lowest BCUT2D eigenvalue weighted by atomic mass is 10.1. The molecule has 6 aromatic carbocycles. The molecule has 0 radical (unpaired) electrons. The predicted octanol–water partition coefficient (Wildman–Crippen LogP) is 8.53. The van der Waals surface area contributed by atoms with Crippen LogP contribution in [-0.4, -0.2) is 42.7 Å². The Kier molecular flexibility index (Phi) is 10.4. The van der Waals surface area contributed by atoms with Crippen molar-refractivity contribution >= 4 is 42.9 Å². The number of hydrazone groups is 1. The van der Waals surface area contributed by atoms with Crippen LogP contribution in [0.25, 0.3) is 10.8 Å². The number of carbonyl (C=O) groups excluding carboxylic acids is 1. The molecule has 0 bridgehead atoms. The first-order valence-electron chi connectivity index (χ1n) is 17.2. The Morgan fingerprint density at radius 3 is 1.69 bits per heavy atom. The molecule has 1 saturated heterocycles. The number of rotatable bonds is 12. The molecule has 258 valence electrons. The van der Waals surface area contributed by atoms with Gasteiger partial charge < -0.3 is 0 Å². The first-order valence-corrected chi connectivity index (χ1v) is 20.8. The molecule has 6 aromatic rings. The highest BCUT2D eigenvalue weighted by atomic mass is 32.3. The van der Waals surface area contributed by atoms with Crippen LogP contribution >= 0.6 is 10.0 Å². The number of sulfonamides is 1. The Morgan fingerprint density at radius 2 is 1.14 bits per heavy atom. The topological polar surface area (TPSA) is 78.8 Å². The summed E-state index contributed by atoms with van der Waals surface area (Å²) < 4.78 is 31.0. The maximum absolute atomic E-state index is 14.8. The van der Waals surface area contributed by atoms with Gasteiger partial charge in [-0.05, 0) is 51.6 Å². The Bertz CT molecular complexity index is 2110. The van der Waals surface area contributed by atoms with Gasteiger partial charge in [-0.3, -0.25) is 4.79 Å². The van der Waals surface area contributed by atoms with Crippen LogP contribution in [0.5, 0.6) is 0 Å². The van der Waals surface area contributed by atoms with Crippen LogP contribution in [0.2, 0.25) is 0 Å². The number of benzene rings is 6. The fraction of sp³-hybridized carbons (Fsp3) is 0.163. The second-order valence-electron chi connectivity index (χ2n) is 13.1. The van der Waals surface area contributed by atoms with Gasteiger partial charge in [0.1, 0.15) is 6.04 Å². The van der Waals surface area contributed by atoms with Crippen LogP contribution in [0.1, 0.15) is 28.7 Å². The maximum atomic E-state index is 14.8. The molecule has 1 aliphatic heterocycles. The molecule has 7 rings (SSSR count). The predicted molar refractivity (Wildman–Crippen MR) is 210 cm³/mol. The molecule has 0 aliphatic carbocycles. The minimum atomic E-state index is -4.08. The quantitative estimate of drug-likeness (QED) is 0.102. The average Bonchev–Trinajstić information content (AvgIpc) is 3.64. The minimum absolute atomic E-state index is 0.0813. The van der Waals surface area contributed by atoms with E-state index in [9.17, 15) is 13.2 Å². The van der Waals surface area contributed by atoms with Crippen LogP contribution in [0.4, 0.5) is 0 Å². The SMILES string of the molecule is O=C(NN=Cc1ccccc1)[C@@H]1C[C@@H](S(Cc2ccccc2)(Cc2ccccc2)Cc2ccccc2)CN1S(=O)(=O)c1ccc2ccccc2c1. The van der Waals surface area contributed by atoms with Crippen molar-refractivity contribution in [2.24, 2.45) is 5.10 Å². The highest BCUT2D eigenvalue weighted by Gasteiger charge is 2.49. The molecular weight excluding hydrogens is 671 g/mol. The number of carbonyl (C=O) groups is 1. The fourth-order valence-electron chi connectivity index (χ4n) is 7.11. The second kappa shape index (κ2) is 15.5. The summed E-state index contributed by atoms with van der Waals surface area (Å²) in [4.78, 5) is 14.3. The van der Waals surface area contributed by atoms with Crippen molar-refractivity contribution < 1.29 is 13.2 Å². The number of hydrogen-bond donors (Lipinski definition) is 1. The maximum Gasteiger partial charge on any atom is 0.258 e. The summed E-state index contributed by atoms with van der Waals surface area (Å²) >= 11 is 0. The van der Waals surface area contributed by atoms with Gasteiger partial charge in [-0.2, -0.15) is 9.41 Å². The van der Waals surface area contributed by atoms with Crippen molar-refractivity contribution in [2.45, 2.75) is 39.9 Å². The second-order valence-corrected chi connectivity index (χ2v) is 18.8. The van der Waals surface area contributed by atoms with Crippen LogP contribution < -0.4 is 5.43 Å². The van der Waals surface area contributed by atoms with E-state index in [4.69, 9.17) is 0 Å². The summed E-state index contributed by atoms with van der Waals surface area (Å²) in [5.41, 5.74) is 7.18.